The fourth-order valence-corrected chi connectivity index (χ4v) is 8.69. The van der Waals surface area contributed by atoms with E-state index in [0.717, 1.165) is 70.6 Å². The van der Waals surface area contributed by atoms with Gasteiger partial charge in [-0.3, -0.25) is 9.59 Å². The molecule has 1 aliphatic rings. The van der Waals surface area contributed by atoms with Crippen molar-refractivity contribution in [1.82, 2.24) is 0 Å². The Balaban J connectivity index is 2.17. The van der Waals surface area contributed by atoms with Crippen molar-refractivity contribution in [2.45, 2.75) is 277 Å². The summed E-state index contributed by atoms with van der Waals surface area (Å²) in [5.41, 5.74) is 0. The Bertz CT molecular complexity index is 973. The number of carbonyl (C=O) groups excluding carboxylic acids is 2. The van der Waals surface area contributed by atoms with E-state index in [4.69, 9.17) is 24.2 Å². The van der Waals surface area contributed by atoms with Crippen LogP contribution in [0.1, 0.15) is 265 Å². The Morgan fingerprint density at radius 2 is 0.931 bits per heavy atom. The normalized spacial score (nSPS) is 17.1. The molecule has 1 aliphatic heterocycles. The quantitative estimate of drug-likeness (QED) is 0.0447. The highest BCUT2D eigenvalue weighted by atomic mass is 16.7. The zero-order valence-electron chi connectivity index (χ0n) is 38.9. The van der Waals surface area contributed by atoms with Gasteiger partial charge >= 0.3 is 11.9 Å². The predicted octanol–water partition coefficient (Wildman–Crippen LogP) is 15.5. The number of nitrogens with zero attached hydrogens (tertiary/aromatic N) is 1. The molecule has 0 amide bonds. The van der Waals surface area contributed by atoms with E-state index in [1.807, 2.05) is 0 Å². The van der Waals surface area contributed by atoms with Crippen molar-refractivity contribution >= 4 is 11.9 Å². The van der Waals surface area contributed by atoms with E-state index >= 15 is 0 Å². The van der Waals surface area contributed by atoms with E-state index in [-0.39, 0.29) is 18.0 Å². The third kappa shape index (κ3) is 31.3. The molecule has 0 radical (unpaired) electrons. The Morgan fingerprint density at radius 3 is 1.33 bits per heavy atom. The first-order valence-corrected chi connectivity index (χ1v) is 25.4. The first kappa shape index (κ1) is 54.4. The number of unbranched alkanes of at least 4 members (excludes halogenated alkanes) is 21. The van der Waals surface area contributed by atoms with E-state index in [1.54, 1.807) is 0 Å². The molecule has 3 atom stereocenters. The molecule has 0 bridgehead atoms. The number of hydrogen-bond acceptors (Lipinski definition) is 7. The highest BCUT2D eigenvalue weighted by molar-refractivity contribution is 5.70. The fourth-order valence-electron chi connectivity index (χ4n) is 8.69. The van der Waals surface area contributed by atoms with Crippen LogP contribution in [0.5, 0.6) is 0 Å². The summed E-state index contributed by atoms with van der Waals surface area (Å²) in [7, 11) is 0. The molecule has 58 heavy (non-hydrogen) atoms. The summed E-state index contributed by atoms with van der Waals surface area (Å²) < 4.78 is 24.2. The summed E-state index contributed by atoms with van der Waals surface area (Å²) in [5, 5.41) is 9.10. The molecule has 1 fully saturated rings. The number of ether oxygens (including phenoxy) is 4. The van der Waals surface area contributed by atoms with Crippen LogP contribution in [0.15, 0.2) is 0 Å². The van der Waals surface area contributed by atoms with Crippen LogP contribution in [-0.2, 0) is 28.5 Å². The monoisotopic (exact) mass is 818 g/mol. The van der Waals surface area contributed by atoms with Crippen molar-refractivity contribution in [1.29, 1.82) is 5.26 Å². The van der Waals surface area contributed by atoms with Gasteiger partial charge in [-0.15, -0.1) is 0 Å². The minimum Gasteiger partial charge on any atom is -0.466 e. The molecule has 340 valence electrons. The third-order valence-electron chi connectivity index (χ3n) is 12.4. The van der Waals surface area contributed by atoms with E-state index in [1.165, 1.54) is 148 Å². The van der Waals surface area contributed by atoms with Crippen LogP contribution >= 0.6 is 0 Å². The van der Waals surface area contributed by atoms with Crippen molar-refractivity contribution in [3.63, 3.8) is 0 Å². The van der Waals surface area contributed by atoms with Crippen molar-refractivity contribution in [3.05, 3.63) is 0 Å². The molecule has 7 nitrogen and oxygen atoms in total. The molecule has 0 spiro atoms. The molecule has 3 unspecified atom stereocenters. The number of rotatable bonds is 43. The van der Waals surface area contributed by atoms with Crippen LogP contribution < -0.4 is 0 Å². The zero-order chi connectivity index (χ0) is 42.2. The lowest BCUT2D eigenvalue weighted by molar-refractivity contribution is -0.179. The summed E-state index contributed by atoms with van der Waals surface area (Å²) in [6.45, 7) is 10.7. The fraction of sp³-hybridized carbons (Fsp3) is 0.941. The van der Waals surface area contributed by atoms with Crippen molar-refractivity contribution in [2.75, 3.05) is 19.8 Å². The van der Waals surface area contributed by atoms with Gasteiger partial charge in [0, 0.05) is 32.1 Å². The van der Waals surface area contributed by atoms with Crippen LogP contribution in [0.25, 0.3) is 0 Å². The Labute approximate surface area is 359 Å². The van der Waals surface area contributed by atoms with Gasteiger partial charge in [-0.2, -0.15) is 5.26 Å². The van der Waals surface area contributed by atoms with Gasteiger partial charge in [0.05, 0.1) is 32.0 Å². The number of hydrogen-bond donors (Lipinski definition) is 0. The summed E-state index contributed by atoms with van der Waals surface area (Å²) in [6, 6.07) is 2.27. The Hall–Kier alpha value is -1.65. The largest absolute Gasteiger partial charge is 0.466 e. The summed E-state index contributed by atoms with van der Waals surface area (Å²) >= 11 is 0. The summed E-state index contributed by atoms with van der Waals surface area (Å²) in [4.78, 5) is 24.9. The molecule has 0 aromatic heterocycles. The van der Waals surface area contributed by atoms with E-state index in [0.29, 0.717) is 50.9 Å². The SMILES string of the molecule is CCCCCC(CCCC)CC(=O)OCCCCCCCCCCC1(CCCCCCCCCCOC(=O)CC(CCCCC)CCCCC)OCC(CCC#N)O1. The molecule has 1 rings (SSSR count). The number of esters is 2. The molecule has 0 aromatic rings. The molecular formula is C51H95NO6. The van der Waals surface area contributed by atoms with Gasteiger partial charge < -0.3 is 18.9 Å². The van der Waals surface area contributed by atoms with Crippen LogP contribution in [-0.4, -0.2) is 43.7 Å². The maximum Gasteiger partial charge on any atom is 0.306 e. The summed E-state index contributed by atoms with van der Waals surface area (Å²) in [6.07, 6.45) is 41.4. The second-order valence-electron chi connectivity index (χ2n) is 18.0. The first-order valence-electron chi connectivity index (χ1n) is 25.4. The maximum absolute atomic E-state index is 12.5. The Morgan fingerprint density at radius 1 is 0.552 bits per heavy atom. The van der Waals surface area contributed by atoms with Gasteiger partial charge in [-0.25, -0.2) is 0 Å². The lowest BCUT2D eigenvalue weighted by Crippen LogP contribution is -2.31. The molecule has 1 saturated heterocycles. The molecule has 0 N–H and O–H groups in total. The van der Waals surface area contributed by atoms with Crippen molar-refractivity contribution < 1.29 is 28.5 Å². The lowest BCUT2D eigenvalue weighted by Gasteiger charge is -2.28. The summed E-state index contributed by atoms with van der Waals surface area (Å²) in [5.74, 6) is 0.553. The van der Waals surface area contributed by atoms with Gasteiger partial charge in [0.1, 0.15) is 0 Å². The first-order chi connectivity index (χ1) is 28.4. The smallest absolute Gasteiger partial charge is 0.306 e. The van der Waals surface area contributed by atoms with Crippen LogP contribution in [0.4, 0.5) is 0 Å². The van der Waals surface area contributed by atoms with Gasteiger partial charge in [-0.05, 0) is 69.6 Å². The molecule has 0 aliphatic carbocycles. The minimum absolute atomic E-state index is 0.00942. The highest BCUT2D eigenvalue weighted by Gasteiger charge is 2.40. The average molecular weight is 818 g/mol. The van der Waals surface area contributed by atoms with Crippen molar-refractivity contribution in [3.8, 4) is 6.07 Å². The van der Waals surface area contributed by atoms with Crippen LogP contribution in [0, 0.1) is 23.2 Å². The molecule has 0 aromatic carbocycles. The highest BCUT2D eigenvalue weighted by Crippen LogP contribution is 2.36. The van der Waals surface area contributed by atoms with E-state index < -0.39 is 5.79 Å². The zero-order valence-corrected chi connectivity index (χ0v) is 38.9. The standard InChI is InChI=1S/C51H95NO6/c1-5-9-25-34-46(33-12-8-4)43-49(53)55-41-30-23-19-15-13-17-21-28-38-51(57-45-48(58-51)37-32-40-52)39-29-22-18-14-16-20-24-31-42-56-50(54)44-47(35-26-10-6-2)36-27-11-7-3/h46-48H,5-39,41-45H2,1-4H3. The third-order valence-corrected chi connectivity index (χ3v) is 12.4. The average Bonchev–Trinajstić information content (AvgIpc) is 3.62. The molecule has 0 saturated carbocycles. The lowest BCUT2D eigenvalue weighted by atomic mass is 9.92. The maximum atomic E-state index is 12.5. The van der Waals surface area contributed by atoms with Crippen LogP contribution in [0.3, 0.4) is 0 Å². The second kappa shape index (κ2) is 39.5. The van der Waals surface area contributed by atoms with E-state index in [2.05, 4.69) is 33.8 Å². The van der Waals surface area contributed by atoms with Gasteiger partial charge in [0.2, 0.25) is 0 Å². The van der Waals surface area contributed by atoms with Crippen molar-refractivity contribution in [2.24, 2.45) is 11.8 Å². The van der Waals surface area contributed by atoms with E-state index in [9.17, 15) is 9.59 Å². The minimum atomic E-state index is -0.467. The second-order valence-corrected chi connectivity index (χ2v) is 18.0. The predicted molar refractivity (Wildman–Crippen MR) is 242 cm³/mol. The van der Waals surface area contributed by atoms with Gasteiger partial charge in [0.15, 0.2) is 5.79 Å². The van der Waals surface area contributed by atoms with Gasteiger partial charge in [0.25, 0.3) is 0 Å². The Kier molecular flexibility index (Phi) is 37.0. The molecule has 1 heterocycles. The van der Waals surface area contributed by atoms with Crippen LogP contribution in [0.2, 0.25) is 0 Å². The molecular weight excluding hydrogens is 723 g/mol. The van der Waals surface area contributed by atoms with Gasteiger partial charge in [-0.1, -0.05) is 175 Å². The number of nitriles is 1. The molecule has 7 heteroatoms. The topological polar surface area (TPSA) is 94.9 Å². The number of carbonyl (C=O) groups is 2.